The number of nitrogens with two attached hydrogens (primary N) is 1. The molecule has 4 heteroatoms. The number of carbonyl (C=O) groups is 1. The van der Waals surface area contributed by atoms with Crippen molar-refractivity contribution in [2.24, 2.45) is 11.8 Å². The molecule has 0 saturated carbocycles. The van der Waals surface area contributed by atoms with Gasteiger partial charge in [-0.1, -0.05) is 19.8 Å². The van der Waals surface area contributed by atoms with Gasteiger partial charge in [0, 0.05) is 6.42 Å². The number of likely N-dealkylation sites (tertiary alicyclic amines) is 1. The van der Waals surface area contributed by atoms with Gasteiger partial charge >= 0.3 is 0 Å². The van der Waals surface area contributed by atoms with E-state index in [1.165, 1.54) is 45.3 Å². The van der Waals surface area contributed by atoms with Gasteiger partial charge in [-0.2, -0.15) is 0 Å². The zero-order chi connectivity index (χ0) is 12.5. The van der Waals surface area contributed by atoms with Crippen LogP contribution >= 0.6 is 0 Å². The number of nitrogens with zero attached hydrogens (tertiary/aromatic N) is 1. The van der Waals surface area contributed by atoms with E-state index in [2.05, 4.69) is 17.2 Å². The van der Waals surface area contributed by atoms with E-state index in [0.717, 1.165) is 18.8 Å². The van der Waals surface area contributed by atoms with Gasteiger partial charge < -0.3 is 4.90 Å². The van der Waals surface area contributed by atoms with Crippen LogP contribution in [0.2, 0.25) is 0 Å². The molecule has 1 amide bonds. The second-order valence-corrected chi connectivity index (χ2v) is 5.07. The maximum Gasteiger partial charge on any atom is 0.233 e. The van der Waals surface area contributed by atoms with E-state index >= 15 is 0 Å². The molecule has 0 aromatic carbocycles. The second-order valence-electron chi connectivity index (χ2n) is 5.07. The fourth-order valence-corrected chi connectivity index (χ4v) is 2.49. The number of hydrogen-bond donors (Lipinski definition) is 2. The van der Waals surface area contributed by atoms with Crippen molar-refractivity contribution in [3.63, 3.8) is 0 Å². The number of amides is 1. The Morgan fingerprint density at radius 1 is 1.29 bits per heavy atom. The predicted molar refractivity (Wildman–Crippen MR) is 70.3 cm³/mol. The highest BCUT2D eigenvalue weighted by Crippen LogP contribution is 2.20. The Hall–Kier alpha value is -0.610. The number of piperidine rings is 1. The first-order valence-electron chi connectivity index (χ1n) is 6.98. The Morgan fingerprint density at radius 3 is 2.59 bits per heavy atom. The highest BCUT2D eigenvalue weighted by molar-refractivity contribution is 5.74. The average molecular weight is 241 g/mol. The minimum atomic E-state index is -0.0474. The van der Waals surface area contributed by atoms with Gasteiger partial charge in [-0.25, -0.2) is 5.84 Å². The van der Waals surface area contributed by atoms with Crippen LogP contribution in [0.4, 0.5) is 0 Å². The van der Waals surface area contributed by atoms with E-state index in [0.29, 0.717) is 6.42 Å². The first-order chi connectivity index (χ1) is 8.26. The Bertz CT molecular complexity index is 213. The molecule has 1 aliphatic rings. The van der Waals surface area contributed by atoms with Crippen molar-refractivity contribution in [1.82, 2.24) is 10.3 Å². The van der Waals surface area contributed by atoms with Gasteiger partial charge in [0.15, 0.2) is 0 Å². The number of rotatable bonds is 7. The molecule has 0 aromatic rings. The zero-order valence-corrected chi connectivity index (χ0v) is 11.1. The molecule has 100 valence electrons. The van der Waals surface area contributed by atoms with Crippen LogP contribution in [-0.2, 0) is 4.79 Å². The van der Waals surface area contributed by atoms with Gasteiger partial charge in [0.25, 0.3) is 0 Å². The number of nitrogens with one attached hydrogen (secondary N) is 1. The highest BCUT2D eigenvalue weighted by Gasteiger charge is 2.16. The summed E-state index contributed by atoms with van der Waals surface area (Å²) >= 11 is 0. The van der Waals surface area contributed by atoms with Gasteiger partial charge in [-0.3, -0.25) is 10.2 Å². The van der Waals surface area contributed by atoms with Crippen LogP contribution in [-0.4, -0.2) is 30.4 Å². The molecule has 3 N–H and O–H groups in total. The normalized spacial score (nSPS) is 18.2. The van der Waals surface area contributed by atoms with E-state index < -0.39 is 0 Å². The van der Waals surface area contributed by atoms with Gasteiger partial charge in [-0.15, -0.1) is 0 Å². The number of unbranched alkanes of at least 4 members (excludes halogenated alkanes) is 2. The summed E-state index contributed by atoms with van der Waals surface area (Å²) in [6.45, 7) is 6.02. The Kier molecular flexibility index (Phi) is 7.21. The van der Waals surface area contributed by atoms with Crippen LogP contribution in [0, 0.1) is 5.92 Å². The molecule has 1 heterocycles. The Balaban J connectivity index is 1.95. The molecular formula is C13H27N3O. The molecule has 0 aliphatic carbocycles. The van der Waals surface area contributed by atoms with Gasteiger partial charge in [0.05, 0.1) is 0 Å². The Morgan fingerprint density at radius 2 is 2.00 bits per heavy atom. The maximum atomic E-state index is 10.9. The summed E-state index contributed by atoms with van der Waals surface area (Å²) in [5.41, 5.74) is 2.17. The van der Waals surface area contributed by atoms with Crippen molar-refractivity contribution in [2.75, 3.05) is 19.6 Å². The summed E-state index contributed by atoms with van der Waals surface area (Å²) in [5.74, 6) is 5.93. The van der Waals surface area contributed by atoms with Crippen molar-refractivity contribution < 1.29 is 4.79 Å². The standard InChI is InChI=1S/C13H27N3O/c1-2-12-7-10-16(11-8-12)9-5-3-4-6-13(17)15-14/h12H,2-11,14H2,1H3,(H,15,17). The minimum absolute atomic E-state index is 0.0474. The molecule has 0 atom stereocenters. The molecule has 1 fully saturated rings. The maximum absolute atomic E-state index is 10.9. The molecule has 0 unspecified atom stereocenters. The van der Waals surface area contributed by atoms with Crippen molar-refractivity contribution in [3.05, 3.63) is 0 Å². The highest BCUT2D eigenvalue weighted by atomic mass is 16.2. The summed E-state index contributed by atoms with van der Waals surface area (Å²) in [5, 5.41) is 0. The quantitative estimate of drug-likeness (QED) is 0.308. The lowest BCUT2D eigenvalue weighted by atomic mass is 9.94. The zero-order valence-electron chi connectivity index (χ0n) is 11.1. The van der Waals surface area contributed by atoms with Crippen LogP contribution in [0.25, 0.3) is 0 Å². The summed E-state index contributed by atoms with van der Waals surface area (Å²) < 4.78 is 0. The Labute approximate surface area is 105 Å². The number of carbonyl (C=O) groups excluding carboxylic acids is 1. The topological polar surface area (TPSA) is 58.4 Å². The van der Waals surface area contributed by atoms with E-state index in [9.17, 15) is 4.79 Å². The van der Waals surface area contributed by atoms with Crippen LogP contribution < -0.4 is 11.3 Å². The van der Waals surface area contributed by atoms with E-state index in [1.807, 2.05) is 0 Å². The molecule has 4 nitrogen and oxygen atoms in total. The first kappa shape index (κ1) is 14.5. The van der Waals surface area contributed by atoms with Crippen LogP contribution in [0.1, 0.15) is 51.9 Å². The van der Waals surface area contributed by atoms with Crippen LogP contribution in [0.5, 0.6) is 0 Å². The smallest absolute Gasteiger partial charge is 0.233 e. The third-order valence-corrected chi connectivity index (χ3v) is 3.82. The lowest BCUT2D eigenvalue weighted by Crippen LogP contribution is -2.34. The SMILES string of the molecule is CCC1CCN(CCCCCC(=O)NN)CC1. The summed E-state index contributed by atoms with van der Waals surface area (Å²) in [4.78, 5) is 13.5. The number of hydrogen-bond acceptors (Lipinski definition) is 3. The van der Waals surface area contributed by atoms with Crippen molar-refractivity contribution in [3.8, 4) is 0 Å². The molecular weight excluding hydrogens is 214 g/mol. The van der Waals surface area contributed by atoms with Crippen LogP contribution in [0.15, 0.2) is 0 Å². The van der Waals surface area contributed by atoms with Crippen molar-refractivity contribution >= 4 is 5.91 Å². The van der Waals surface area contributed by atoms with Crippen molar-refractivity contribution in [1.29, 1.82) is 0 Å². The van der Waals surface area contributed by atoms with E-state index in [4.69, 9.17) is 5.84 Å². The molecule has 0 aromatic heterocycles. The van der Waals surface area contributed by atoms with Crippen LogP contribution in [0.3, 0.4) is 0 Å². The van der Waals surface area contributed by atoms with Gasteiger partial charge in [0.2, 0.25) is 5.91 Å². The third-order valence-electron chi connectivity index (χ3n) is 3.82. The third kappa shape index (κ3) is 6.03. The number of hydrazine groups is 1. The predicted octanol–water partition coefficient (Wildman–Crippen LogP) is 1.66. The van der Waals surface area contributed by atoms with E-state index in [1.54, 1.807) is 0 Å². The van der Waals surface area contributed by atoms with E-state index in [-0.39, 0.29) is 5.91 Å². The lowest BCUT2D eigenvalue weighted by molar-refractivity contribution is -0.121. The van der Waals surface area contributed by atoms with Gasteiger partial charge in [-0.05, 0) is 51.2 Å². The molecule has 1 aliphatic heterocycles. The summed E-state index contributed by atoms with van der Waals surface area (Å²) in [7, 11) is 0. The average Bonchev–Trinajstić information content (AvgIpc) is 2.38. The molecule has 0 radical (unpaired) electrons. The molecule has 17 heavy (non-hydrogen) atoms. The summed E-state index contributed by atoms with van der Waals surface area (Å²) in [6.07, 6.45) is 7.92. The second kappa shape index (κ2) is 8.48. The molecule has 1 rings (SSSR count). The molecule has 0 bridgehead atoms. The fraction of sp³-hybridized carbons (Fsp3) is 0.923. The minimum Gasteiger partial charge on any atom is -0.303 e. The monoisotopic (exact) mass is 241 g/mol. The first-order valence-corrected chi connectivity index (χ1v) is 6.98. The molecule has 1 saturated heterocycles. The van der Waals surface area contributed by atoms with Crippen molar-refractivity contribution in [2.45, 2.75) is 51.9 Å². The fourth-order valence-electron chi connectivity index (χ4n) is 2.49. The lowest BCUT2D eigenvalue weighted by Gasteiger charge is -2.31. The largest absolute Gasteiger partial charge is 0.303 e. The summed E-state index contributed by atoms with van der Waals surface area (Å²) in [6, 6.07) is 0. The molecule has 0 spiro atoms. The van der Waals surface area contributed by atoms with Gasteiger partial charge in [0.1, 0.15) is 0 Å².